The van der Waals surface area contributed by atoms with Crippen LogP contribution in [0.2, 0.25) is 0 Å². The van der Waals surface area contributed by atoms with Gasteiger partial charge in [0.1, 0.15) is 0 Å². The third-order valence-electron chi connectivity index (χ3n) is 3.64. The van der Waals surface area contributed by atoms with Crippen molar-refractivity contribution < 1.29 is 4.79 Å². The second-order valence-electron chi connectivity index (χ2n) is 5.59. The number of carbonyl (C=O) groups is 1. The van der Waals surface area contributed by atoms with Gasteiger partial charge in [0, 0.05) is 17.8 Å². The minimum atomic E-state index is -0.104. The van der Waals surface area contributed by atoms with Crippen LogP contribution in [-0.2, 0) is 17.8 Å². The first-order valence-electron chi connectivity index (χ1n) is 6.65. The number of benzene rings is 1. The van der Waals surface area contributed by atoms with Crippen molar-refractivity contribution in [3.63, 3.8) is 0 Å². The van der Waals surface area contributed by atoms with E-state index in [1.165, 1.54) is 11.1 Å². The zero-order chi connectivity index (χ0) is 13.9. The summed E-state index contributed by atoms with van der Waals surface area (Å²) in [7, 11) is 0. The van der Waals surface area contributed by atoms with Crippen molar-refractivity contribution in [3.05, 3.63) is 35.4 Å². The minimum absolute atomic E-state index is 0.0855. The summed E-state index contributed by atoms with van der Waals surface area (Å²) < 4.78 is 0.0855. The Hall–Kier alpha value is -1.00. The standard InChI is InChI=1S/C15H22N2OS/c1-15(2,19-3)10-17-14(18)13-8-11-6-4-5-7-12(11)9-16-13/h4-7,13,16H,8-10H2,1-3H3,(H,17,18)/t13-/m1/s1. The number of hydrogen-bond acceptors (Lipinski definition) is 3. The molecule has 4 heteroatoms. The average molecular weight is 278 g/mol. The highest BCUT2D eigenvalue weighted by atomic mass is 32.2. The molecule has 0 unspecified atom stereocenters. The largest absolute Gasteiger partial charge is 0.353 e. The van der Waals surface area contributed by atoms with E-state index in [4.69, 9.17) is 0 Å². The molecule has 2 rings (SSSR count). The highest BCUT2D eigenvalue weighted by Crippen LogP contribution is 2.20. The van der Waals surface area contributed by atoms with Crippen LogP contribution >= 0.6 is 11.8 Å². The van der Waals surface area contributed by atoms with Crippen LogP contribution in [0.15, 0.2) is 24.3 Å². The zero-order valence-corrected chi connectivity index (χ0v) is 12.6. The van der Waals surface area contributed by atoms with Gasteiger partial charge in [-0.05, 0) is 37.7 Å². The second-order valence-corrected chi connectivity index (χ2v) is 7.10. The van der Waals surface area contributed by atoms with E-state index in [0.717, 1.165) is 13.0 Å². The maximum Gasteiger partial charge on any atom is 0.237 e. The molecule has 1 aliphatic heterocycles. The first-order valence-corrected chi connectivity index (χ1v) is 7.87. The van der Waals surface area contributed by atoms with Crippen molar-refractivity contribution >= 4 is 17.7 Å². The van der Waals surface area contributed by atoms with Gasteiger partial charge in [-0.25, -0.2) is 0 Å². The van der Waals surface area contributed by atoms with Gasteiger partial charge in [0.15, 0.2) is 0 Å². The van der Waals surface area contributed by atoms with Crippen LogP contribution in [0.25, 0.3) is 0 Å². The van der Waals surface area contributed by atoms with Crippen LogP contribution in [0.4, 0.5) is 0 Å². The molecule has 104 valence electrons. The molecule has 0 bridgehead atoms. The van der Waals surface area contributed by atoms with Gasteiger partial charge in [-0.1, -0.05) is 24.3 Å². The molecule has 0 radical (unpaired) electrons. The van der Waals surface area contributed by atoms with E-state index in [2.05, 4.69) is 42.9 Å². The molecule has 1 aromatic carbocycles. The summed E-state index contributed by atoms with van der Waals surface area (Å²) in [4.78, 5) is 12.2. The average Bonchev–Trinajstić information content (AvgIpc) is 2.44. The monoisotopic (exact) mass is 278 g/mol. The number of hydrogen-bond donors (Lipinski definition) is 2. The quantitative estimate of drug-likeness (QED) is 0.884. The number of thioether (sulfide) groups is 1. The fourth-order valence-electron chi connectivity index (χ4n) is 2.14. The van der Waals surface area contributed by atoms with Crippen LogP contribution in [-0.4, -0.2) is 29.5 Å². The van der Waals surface area contributed by atoms with Gasteiger partial charge in [-0.2, -0.15) is 11.8 Å². The lowest BCUT2D eigenvalue weighted by atomic mass is 9.95. The molecule has 19 heavy (non-hydrogen) atoms. The van der Waals surface area contributed by atoms with E-state index in [0.29, 0.717) is 6.54 Å². The molecular weight excluding hydrogens is 256 g/mol. The summed E-state index contributed by atoms with van der Waals surface area (Å²) in [6, 6.07) is 8.21. The molecule has 0 saturated carbocycles. The van der Waals surface area contributed by atoms with Gasteiger partial charge in [-0.15, -0.1) is 0 Å². The summed E-state index contributed by atoms with van der Waals surface area (Å²) in [5.74, 6) is 0.108. The predicted octanol–water partition coefficient (Wildman–Crippen LogP) is 1.96. The number of fused-ring (bicyclic) bond motifs is 1. The maximum atomic E-state index is 12.2. The molecule has 2 N–H and O–H groups in total. The van der Waals surface area contributed by atoms with E-state index in [1.807, 2.05) is 12.1 Å². The molecule has 1 heterocycles. The lowest BCUT2D eigenvalue weighted by Gasteiger charge is -2.28. The Balaban J connectivity index is 1.92. The topological polar surface area (TPSA) is 41.1 Å². The number of amides is 1. The summed E-state index contributed by atoms with van der Waals surface area (Å²) in [6.45, 7) is 5.76. The van der Waals surface area contributed by atoms with Crippen molar-refractivity contribution in [3.8, 4) is 0 Å². The number of rotatable bonds is 4. The molecule has 3 nitrogen and oxygen atoms in total. The van der Waals surface area contributed by atoms with Crippen LogP contribution in [0.1, 0.15) is 25.0 Å². The van der Waals surface area contributed by atoms with E-state index in [-0.39, 0.29) is 16.7 Å². The Kier molecular flexibility index (Phi) is 4.53. The Morgan fingerprint density at radius 2 is 2.11 bits per heavy atom. The second kappa shape index (κ2) is 5.97. The van der Waals surface area contributed by atoms with E-state index >= 15 is 0 Å². The van der Waals surface area contributed by atoms with Gasteiger partial charge in [0.2, 0.25) is 5.91 Å². The Labute approximate surface area is 119 Å². The molecule has 0 saturated heterocycles. The summed E-state index contributed by atoms with van der Waals surface area (Å²) in [5.41, 5.74) is 2.58. The number of nitrogens with one attached hydrogen (secondary N) is 2. The van der Waals surface area contributed by atoms with E-state index in [9.17, 15) is 4.79 Å². The zero-order valence-electron chi connectivity index (χ0n) is 11.8. The molecule has 0 spiro atoms. The van der Waals surface area contributed by atoms with Crippen LogP contribution < -0.4 is 10.6 Å². The lowest BCUT2D eigenvalue weighted by molar-refractivity contribution is -0.123. The summed E-state index contributed by atoms with van der Waals surface area (Å²) in [6.07, 6.45) is 2.85. The number of carbonyl (C=O) groups excluding carboxylic acids is 1. The molecule has 1 aromatic rings. The first kappa shape index (κ1) is 14.4. The molecule has 0 fully saturated rings. The molecule has 1 atom stereocenters. The fourth-order valence-corrected chi connectivity index (χ4v) is 2.35. The predicted molar refractivity (Wildman–Crippen MR) is 81.4 cm³/mol. The molecule has 1 amide bonds. The third kappa shape index (κ3) is 3.74. The fraction of sp³-hybridized carbons (Fsp3) is 0.533. The SMILES string of the molecule is CSC(C)(C)CNC(=O)[C@H]1Cc2ccccc2CN1. The normalized spacial score (nSPS) is 18.8. The van der Waals surface area contributed by atoms with Crippen molar-refractivity contribution in [2.75, 3.05) is 12.8 Å². The van der Waals surface area contributed by atoms with Crippen molar-refractivity contribution in [1.29, 1.82) is 0 Å². The molecule has 1 aliphatic rings. The van der Waals surface area contributed by atoms with Crippen molar-refractivity contribution in [2.45, 2.75) is 37.6 Å². The summed E-state index contributed by atoms with van der Waals surface area (Å²) >= 11 is 1.77. The Morgan fingerprint density at radius 1 is 1.42 bits per heavy atom. The van der Waals surface area contributed by atoms with Gasteiger partial charge < -0.3 is 10.6 Å². The maximum absolute atomic E-state index is 12.2. The summed E-state index contributed by atoms with van der Waals surface area (Å²) in [5, 5.41) is 6.36. The molecule has 0 aliphatic carbocycles. The van der Waals surface area contributed by atoms with Gasteiger partial charge in [0.25, 0.3) is 0 Å². The highest BCUT2D eigenvalue weighted by molar-refractivity contribution is 7.99. The Bertz CT molecular complexity index is 459. The van der Waals surface area contributed by atoms with Gasteiger partial charge in [0.05, 0.1) is 6.04 Å². The van der Waals surface area contributed by atoms with Crippen LogP contribution in [0.5, 0.6) is 0 Å². The third-order valence-corrected chi connectivity index (χ3v) is 4.89. The van der Waals surface area contributed by atoms with Crippen molar-refractivity contribution in [2.24, 2.45) is 0 Å². The minimum Gasteiger partial charge on any atom is -0.353 e. The van der Waals surface area contributed by atoms with Crippen LogP contribution in [0.3, 0.4) is 0 Å². The lowest BCUT2D eigenvalue weighted by Crippen LogP contribution is -2.50. The molecule has 0 aromatic heterocycles. The van der Waals surface area contributed by atoms with E-state index in [1.54, 1.807) is 11.8 Å². The van der Waals surface area contributed by atoms with Crippen molar-refractivity contribution in [1.82, 2.24) is 10.6 Å². The van der Waals surface area contributed by atoms with Crippen LogP contribution in [0, 0.1) is 0 Å². The smallest absolute Gasteiger partial charge is 0.237 e. The molecular formula is C15H22N2OS. The Morgan fingerprint density at radius 3 is 2.79 bits per heavy atom. The van der Waals surface area contributed by atoms with E-state index < -0.39 is 0 Å². The highest BCUT2D eigenvalue weighted by Gasteiger charge is 2.25. The first-order chi connectivity index (χ1) is 9.02. The van der Waals surface area contributed by atoms with Gasteiger partial charge in [-0.3, -0.25) is 4.79 Å². The van der Waals surface area contributed by atoms with Gasteiger partial charge >= 0.3 is 0 Å².